The summed E-state index contributed by atoms with van der Waals surface area (Å²) in [6.45, 7) is 6.10. The molecule has 0 saturated heterocycles. The SMILES string of the molecule is CC1(C)c2cccc[n+]2CC2CC(c3ccccc3)CC21. The van der Waals surface area contributed by atoms with Crippen LogP contribution in [-0.4, -0.2) is 0 Å². The Morgan fingerprint density at radius 3 is 2.52 bits per heavy atom. The number of nitrogens with zero attached hydrogens (tertiary/aromatic N) is 1. The van der Waals surface area contributed by atoms with Crippen LogP contribution in [0.25, 0.3) is 0 Å². The second-order valence-electron chi connectivity index (χ2n) is 7.41. The molecule has 1 aromatic carbocycles. The molecule has 1 aromatic heterocycles. The molecule has 1 aliphatic carbocycles. The van der Waals surface area contributed by atoms with E-state index in [9.17, 15) is 0 Å². The normalized spacial score (nSPS) is 29.7. The van der Waals surface area contributed by atoms with E-state index < -0.39 is 0 Å². The topological polar surface area (TPSA) is 3.88 Å². The summed E-state index contributed by atoms with van der Waals surface area (Å²) in [5.41, 5.74) is 3.34. The van der Waals surface area contributed by atoms with E-state index in [1.54, 1.807) is 0 Å². The molecule has 2 aliphatic rings. The van der Waals surface area contributed by atoms with Gasteiger partial charge in [0.25, 0.3) is 0 Å². The van der Waals surface area contributed by atoms with Gasteiger partial charge in [-0.25, -0.2) is 4.57 Å². The van der Waals surface area contributed by atoms with Gasteiger partial charge in [-0.3, -0.25) is 0 Å². The number of aromatic nitrogens is 1. The van der Waals surface area contributed by atoms with Crippen LogP contribution in [0.4, 0.5) is 0 Å². The molecule has 0 radical (unpaired) electrons. The molecule has 0 amide bonds. The van der Waals surface area contributed by atoms with Crippen molar-refractivity contribution in [1.29, 1.82) is 0 Å². The smallest absolute Gasteiger partial charge is 0.187 e. The molecule has 0 spiro atoms. The largest absolute Gasteiger partial charge is 0.202 e. The second kappa shape index (κ2) is 4.69. The van der Waals surface area contributed by atoms with Gasteiger partial charge in [-0.2, -0.15) is 0 Å². The third-order valence-electron chi connectivity index (χ3n) is 5.92. The van der Waals surface area contributed by atoms with Crippen LogP contribution < -0.4 is 4.57 Å². The van der Waals surface area contributed by atoms with Crippen LogP contribution >= 0.6 is 0 Å². The average Bonchev–Trinajstić information content (AvgIpc) is 2.93. The number of rotatable bonds is 1. The van der Waals surface area contributed by atoms with E-state index in [-0.39, 0.29) is 5.41 Å². The lowest BCUT2D eigenvalue weighted by Crippen LogP contribution is -2.55. The average molecular weight is 278 g/mol. The molecule has 1 aliphatic heterocycles. The van der Waals surface area contributed by atoms with Crippen LogP contribution in [-0.2, 0) is 12.0 Å². The molecule has 108 valence electrons. The van der Waals surface area contributed by atoms with Crippen LogP contribution in [0.1, 0.15) is 43.9 Å². The Morgan fingerprint density at radius 1 is 0.952 bits per heavy atom. The Morgan fingerprint density at radius 2 is 1.71 bits per heavy atom. The number of hydrogen-bond acceptors (Lipinski definition) is 0. The monoisotopic (exact) mass is 278 g/mol. The zero-order chi connectivity index (χ0) is 14.4. The van der Waals surface area contributed by atoms with Crippen LogP contribution in [0, 0.1) is 11.8 Å². The first-order chi connectivity index (χ1) is 10.2. The standard InChI is InChI=1S/C20H24N/c1-20(2)18-13-16(15-8-4-3-5-9-15)12-17(18)14-21-11-7-6-10-19(20)21/h3-11,16-18H,12-14H2,1-2H3/q+1. The van der Waals surface area contributed by atoms with Gasteiger partial charge in [0.15, 0.2) is 18.4 Å². The molecule has 0 bridgehead atoms. The summed E-state index contributed by atoms with van der Waals surface area (Å²) in [4.78, 5) is 0. The zero-order valence-corrected chi connectivity index (χ0v) is 13.0. The predicted molar refractivity (Wildman–Crippen MR) is 85.1 cm³/mol. The lowest BCUT2D eigenvalue weighted by Gasteiger charge is -2.37. The number of benzene rings is 1. The van der Waals surface area contributed by atoms with Crippen molar-refractivity contribution in [2.75, 3.05) is 0 Å². The molecule has 2 aromatic rings. The van der Waals surface area contributed by atoms with Crippen molar-refractivity contribution in [3.05, 3.63) is 66.0 Å². The van der Waals surface area contributed by atoms with Gasteiger partial charge in [-0.05, 0) is 44.1 Å². The maximum absolute atomic E-state index is 2.49. The summed E-state index contributed by atoms with van der Waals surface area (Å²) in [6.07, 6.45) is 4.96. The van der Waals surface area contributed by atoms with Crippen molar-refractivity contribution in [1.82, 2.24) is 0 Å². The summed E-state index contributed by atoms with van der Waals surface area (Å²) >= 11 is 0. The Bertz CT molecular complexity index is 644. The van der Waals surface area contributed by atoms with E-state index >= 15 is 0 Å². The van der Waals surface area contributed by atoms with Crippen molar-refractivity contribution in [3.8, 4) is 0 Å². The van der Waals surface area contributed by atoms with Crippen molar-refractivity contribution in [3.63, 3.8) is 0 Å². The third kappa shape index (κ3) is 2.02. The first-order valence-electron chi connectivity index (χ1n) is 8.20. The molecule has 1 heteroatoms. The van der Waals surface area contributed by atoms with Crippen LogP contribution in [0.3, 0.4) is 0 Å². The summed E-state index contributed by atoms with van der Waals surface area (Å²) in [7, 11) is 0. The fraction of sp³-hybridized carbons (Fsp3) is 0.450. The van der Waals surface area contributed by atoms with Crippen molar-refractivity contribution in [2.24, 2.45) is 11.8 Å². The Kier molecular flexibility index (Phi) is 2.92. The molecular weight excluding hydrogens is 254 g/mol. The minimum atomic E-state index is 0.285. The Hall–Kier alpha value is -1.63. The Labute approximate surface area is 127 Å². The highest BCUT2D eigenvalue weighted by Gasteiger charge is 2.51. The van der Waals surface area contributed by atoms with Gasteiger partial charge in [-0.15, -0.1) is 0 Å². The van der Waals surface area contributed by atoms with Gasteiger partial charge < -0.3 is 0 Å². The van der Waals surface area contributed by atoms with E-state index in [0.29, 0.717) is 0 Å². The highest BCUT2D eigenvalue weighted by Crippen LogP contribution is 2.52. The highest BCUT2D eigenvalue weighted by molar-refractivity contribution is 5.24. The van der Waals surface area contributed by atoms with Crippen molar-refractivity contribution < 1.29 is 4.57 Å². The Balaban J connectivity index is 1.69. The van der Waals surface area contributed by atoms with E-state index in [1.165, 1.54) is 30.6 Å². The van der Waals surface area contributed by atoms with Gasteiger partial charge in [-0.1, -0.05) is 36.4 Å². The van der Waals surface area contributed by atoms with E-state index in [2.05, 4.69) is 73.1 Å². The van der Waals surface area contributed by atoms with Crippen molar-refractivity contribution >= 4 is 0 Å². The maximum Gasteiger partial charge on any atom is 0.187 e. The van der Waals surface area contributed by atoms with Gasteiger partial charge in [0.2, 0.25) is 0 Å². The van der Waals surface area contributed by atoms with Crippen LogP contribution in [0.5, 0.6) is 0 Å². The second-order valence-corrected chi connectivity index (χ2v) is 7.41. The summed E-state index contributed by atoms with van der Waals surface area (Å²) in [5, 5.41) is 0. The van der Waals surface area contributed by atoms with Gasteiger partial charge in [0.1, 0.15) is 0 Å². The quantitative estimate of drug-likeness (QED) is 0.692. The molecule has 1 fully saturated rings. The van der Waals surface area contributed by atoms with Crippen molar-refractivity contribution in [2.45, 2.75) is 44.6 Å². The molecule has 4 rings (SSSR count). The number of pyridine rings is 1. The van der Waals surface area contributed by atoms with E-state index in [4.69, 9.17) is 0 Å². The molecule has 3 atom stereocenters. The summed E-state index contributed by atoms with van der Waals surface area (Å²) < 4.78 is 2.49. The fourth-order valence-corrected chi connectivity index (χ4v) is 4.87. The van der Waals surface area contributed by atoms with E-state index in [1.807, 2.05) is 0 Å². The molecular formula is C20H24N+. The maximum atomic E-state index is 2.49. The highest BCUT2D eigenvalue weighted by atomic mass is 15.0. The molecule has 1 saturated carbocycles. The fourth-order valence-electron chi connectivity index (χ4n) is 4.87. The van der Waals surface area contributed by atoms with Gasteiger partial charge in [0.05, 0.1) is 5.41 Å². The molecule has 21 heavy (non-hydrogen) atoms. The molecule has 1 nitrogen and oxygen atoms in total. The summed E-state index contributed by atoms with van der Waals surface area (Å²) in [5.74, 6) is 2.38. The third-order valence-corrected chi connectivity index (χ3v) is 5.92. The van der Waals surface area contributed by atoms with Gasteiger partial charge in [0, 0.05) is 18.1 Å². The number of fused-ring (bicyclic) bond motifs is 2. The summed E-state index contributed by atoms with van der Waals surface area (Å²) in [6, 6.07) is 17.8. The minimum absolute atomic E-state index is 0.285. The zero-order valence-electron chi connectivity index (χ0n) is 13.0. The van der Waals surface area contributed by atoms with Crippen LogP contribution in [0.15, 0.2) is 54.7 Å². The first-order valence-corrected chi connectivity index (χ1v) is 8.20. The molecule has 2 heterocycles. The number of hydrogen-bond donors (Lipinski definition) is 0. The molecule has 3 unspecified atom stereocenters. The lowest BCUT2D eigenvalue weighted by molar-refractivity contribution is -0.722. The molecule has 0 N–H and O–H groups in total. The first kappa shape index (κ1) is 13.1. The van der Waals surface area contributed by atoms with Gasteiger partial charge >= 0.3 is 0 Å². The minimum Gasteiger partial charge on any atom is -0.202 e. The van der Waals surface area contributed by atoms with Crippen LogP contribution in [0.2, 0.25) is 0 Å². The lowest BCUT2D eigenvalue weighted by atomic mass is 9.68. The predicted octanol–water partition coefficient (Wildman–Crippen LogP) is 4.08. The van der Waals surface area contributed by atoms with E-state index in [0.717, 1.165) is 17.8 Å².